The fraction of sp³-hybridized carbons (Fsp3) is 0.846. The van der Waals surface area contributed by atoms with E-state index in [2.05, 4.69) is 5.10 Å². The van der Waals surface area contributed by atoms with Crippen LogP contribution >= 0.6 is 0 Å². The number of carbonyl (C=O) groups is 1. The third-order valence-corrected chi connectivity index (χ3v) is 6.15. The van der Waals surface area contributed by atoms with Gasteiger partial charge in [0.05, 0.1) is 5.75 Å². The topological polar surface area (TPSA) is 90.3 Å². The molecule has 1 fully saturated rings. The number of sulfonamides is 1. The summed E-state index contributed by atoms with van der Waals surface area (Å²) in [5.41, 5.74) is -2.35. The zero-order valence-corrected chi connectivity index (χ0v) is 13.9. The Morgan fingerprint density at radius 2 is 2.00 bits per heavy atom. The first-order chi connectivity index (χ1) is 10.6. The van der Waals surface area contributed by atoms with Gasteiger partial charge in [0.25, 0.3) is 6.43 Å². The Bertz CT molecular complexity index is 602. The van der Waals surface area contributed by atoms with Crippen molar-refractivity contribution in [2.75, 3.05) is 18.8 Å². The first kappa shape index (κ1) is 18.2. The van der Waals surface area contributed by atoms with Crippen LogP contribution < -0.4 is 0 Å². The molecular formula is C13H21F2N3O4S. The molecule has 2 aliphatic heterocycles. The Kier molecular flexibility index (Phi) is 5.07. The zero-order chi connectivity index (χ0) is 17.4. The van der Waals surface area contributed by atoms with Crippen molar-refractivity contribution in [2.45, 2.75) is 45.3 Å². The van der Waals surface area contributed by atoms with Crippen LogP contribution in [0.2, 0.25) is 0 Å². The molecule has 1 atom stereocenters. The lowest BCUT2D eigenvalue weighted by Crippen LogP contribution is -2.54. The largest absolute Gasteiger partial charge is 0.364 e. The van der Waals surface area contributed by atoms with Crippen LogP contribution in [0.3, 0.4) is 0 Å². The molecule has 0 bridgehead atoms. The van der Waals surface area contributed by atoms with Crippen LogP contribution in [-0.2, 0) is 14.8 Å². The minimum atomic E-state index is -3.32. The summed E-state index contributed by atoms with van der Waals surface area (Å²) in [5, 5.41) is 14.3. The van der Waals surface area contributed by atoms with Crippen LogP contribution in [0.4, 0.5) is 8.78 Å². The molecule has 0 radical (unpaired) electrons. The van der Waals surface area contributed by atoms with Gasteiger partial charge in [0.1, 0.15) is 0 Å². The van der Waals surface area contributed by atoms with Gasteiger partial charge in [0.15, 0.2) is 0 Å². The van der Waals surface area contributed by atoms with E-state index in [9.17, 15) is 27.1 Å². The van der Waals surface area contributed by atoms with Crippen LogP contribution in [-0.4, -0.2) is 65.5 Å². The van der Waals surface area contributed by atoms with Crippen molar-refractivity contribution in [3.05, 3.63) is 0 Å². The quantitative estimate of drug-likeness (QED) is 0.802. The number of aliphatic hydroxyl groups is 1. The minimum absolute atomic E-state index is 0.0215. The van der Waals surface area contributed by atoms with Crippen molar-refractivity contribution >= 4 is 21.6 Å². The van der Waals surface area contributed by atoms with Crippen molar-refractivity contribution < 1.29 is 27.1 Å². The standard InChI is InChI=1S/C13H21F2N3O4S/c1-3-23(21,22)17-6-4-10(5-7-17)11(19)18-13(20,12(14)15)8-9(2)16-18/h10,12,20H,3-8H2,1-2H3. The molecule has 0 aromatic rings. The molecule has 7 nitrogen and oxygen atoms in total. The molecule has 1 amide bonds. The molecule has 1 unspecified atom stereocenters. The van der Waals surface area contributed by atoms with E-state index in [1.165, 1.54) is 18.2 Å². The Hall–Kier alpha value is -1.13. The highest BCUT2D eigenvalue weighted by Crippen LogP contribution is 2.34. The van der Waals surface area contributed by atoms with Gasteiger partial charge in [-0.1, -0.05) is 0 Å². The van der Waals surface area contributed by atoms with Crippen LogP contribution in [0.1, 0.15) is 33.1 Å². The molecule has 0 aromatic heterocycles. The average Bonchev–Trinajstić information content (AvgIpc) is 2.83. The van der Waals surface area contributed by atoms with E-state index in [-0.39, 0.29) is 43.8 Å². The molecular weight excluding hydrogens is 332 g/mol. The molecule has 1 N–H and O–H groups in total. The number of nitrogens with zero attached hydrogens (tertiary/aromatic N) is 3. The number of hydrazone groups is 1. The number of carbonyl (C=O) groups excluding carboxylic acids is 1. The molecule has 2 aliphatic rings. The van der Waals surface area contributed by atoms with E-state index in [4.69, 9.17) is 0 Å². The molecule has 23 heavy (non-hydrogen) atoms. The molecule has 0 aromatic carbocycles. The minimum Gasteiger partial charge on any atom is -0.364 e. The second-order valence-corrected chi connectivity index (χ2v) is 8.17. The lowest BCUT2D eigenvalue weighted by molar-refractivity contribution is -0.195. The van der Waals surface area contributed by atoms with Gasteiger partial charge < -0.3 is 5.11 Å². The maximum Gasteiger partial charge on any atom is 0.287 e. The summed E-state index contributed by atoms with van der Waals surface area (Å²) >= 11 is 0. The van der Waals surface area contributed by atoms with Gasteiger partial charge >= 0.3 is 0 Å². The SMILES string of the molecule is CCS(=O)(=O)N1CCC(C(=O)N2N=C(C)CC2(O)C(F)F)CC1. The van der Waals surface area contributed by atoms with Gasteiger partial charge in [-0.2, -0.15) is 10.1 Å². The second kappa shape index (κ2) is 6.40. The van der Waals surface area contributed by atoms with Crippen molar-refractivity contribution in [2.24, 2.45) is 11.0 Å². The monoisotopic (exact) mass is 353 g/mol. The average molecular weight is 353 g/mol. The predicted octanol–water partition coefficient (Wildman–Crippen LogP) is 0.610. The third kappa shape index (κ3) is 3.38. The van der Waals surface area contributed by atoms with Crippen LogP contribution in [0.25, 0.3) is 0 Å². The molecule has 0 spiro atoms. The van der Waals surface area contributed by atoms with Crippen molar-refractivity contribution in [1.82, 2.24) is 9.31 Å². The third-order valence-electron chi connectivity index (χ3n) is 4.27. The van der Waals surface area contributed by atoms with E-state index < -0.39 is 34.0 Å². The number of piperidine rings is 1. The molecule has 0 saturated carbocycles. The Labute approximate surface area is 134 Å². The van der Waals surface area contributed by atoms with E-state index in [0.717, 1.165) is 0 Å². The van der Waals surface area contributed by atoms with E-state index >= 15 is 0 Å². The van der Waals surface area contributed by atoms with E-state index in [0.29, 0.717) is 5.01 Å². The van der Waals surface area contributed by atoms with Crippen LogP contribution in [0.5, 0.6) is 0 Å². The Balaban J connectivity index is 2.08. The molecule has 132 valence electrons. The lowest BCUT2D eigenvalue weighted by atomic mass is 9.96. The molecule has 1 saturated heterocycles. The molecule has 0 aliphatic carbocycles. The first-order valence-electron chi connectivity index (χ1n) is 7.48. The summed E-state index contributed by atoms with van der Waals surface area (Å²) in [6, 6.07) is 0. The molecule has 2 heterocycles. The fourth-order valence-corrected chi connectivity index (χ4v) is 4.02. The maximum absolute atomic E-state index is 13.1. The summed E-state index contributed by atoms with van der Waals surface area (Å²) in [6.45, 7) is 3.33. The Morgan fingerprint density at radius 1 is 1.43 bits per heavy atom. The summed E-state index contributed by atoms with van der Waals surface area (Å²) in [6.07, 6.45) is -3.07. The van der Waals surface area contributed by atoms with Crippen LogP contribution in [0.15, 0.2) is 5.10 Å². The second-order valence-electron chi connectivity index (χ2n) is 5.92. The number of amides is 1. The van der Waals surface area contributed by atoms with Gasteiger partial charge in [-0.25, -0.2) is 21.5 Å². The highest BCUT2D eigenvalue weighted by Gasteiger charge is 2.52. The summed E-state index contributed by atoms with van der Waals surface area (Å²) in [7, 11) is -3.32. The number of halogens is 2. The number of hydrogen-bond acceptors (Lipinski definition) is 5. The van der Waals surface area contributed by atoms with Crippen molar-refractivity contribution in [1.29, 1.82) is 0 Å². The van der Waals surface area contributed by atoms with E-state index in [1.54, 1.807) is 0 Å². The first-order valence-corrected chi connectivity index (χ1v) is 9.09. The fourth-order valence-electron chi connectivity index (χ4n) is 2.89. The van der Waals surface area contributed by atoms with Crippen molar-refractivity contribution in [3.63, 3.8) is 0 Å². The normalized spacial score (nSPS) is 27.6. The summed E-state index contributed by atoms with van der Waals surface area (Å²) in [4.78, 5) is 12.4. The van der Waals surface area contributed by atoms with Gasteiger partial charge in [-0.3, -0.25) is 4.79 Å². The summed E-state index contributed by atoms with van der Waals surface area (Å²) < 4.78 is 51.2. The van der Waals surface area contributed by atoms with E-state index in [1.807, 2.05) is 0 Å². The molecule has 10 heteroatoms. The number of hydrogen-bond donors (Lipinski definition) is 1. The smallest absolute Gasteiger partial charge is 0.287 e. The highest BCUT2D eigenvalue weighted by atomic mass is 32.2. The van der Waals surface area contributed by atoms with Gasteiger partial charge in [0.2, 0.25) is 21.7 Å². The Morgan fingerprint density at radius 3 is 2.48 bits per heavy atom. The van der Waals surface area contributed by atoms with Crippen LogP contribution in [0, 0.1) is 5.92 Å². The number of alkyl halides is 2. The summed E-state index contributed by atoms with van der Waals surface area (Å²) in [5.74, 6) is -1.33. The predicted molar refractivity (Wildman–Crippen MR) is 79.3 cm³/mol. The van der Waals surface area contributed by atoms with Gasteiger partial charge in [-0.15, -0.1) is 0 Å². The number of rotatable bonds is 4. The van der Waals surface area contributed by atoms with Gasteiger partial charge in [-0.05, 0) is 26.7 Å². The van der Waals surface area contributed by atoms with Crippen molar-refractivity contribution in [3.8, 4) is 0 Å². The highest BCUT2D eigenvalue weighted by molar-refractivity contribution is 7.89. The molecule has 2 rings (SSSR count). The zero-order valence-electron chi connectivity index (χ0n) is 13.1. The lowest BCUT2D eigenvalue weighted by Gasteiger charge is -2.35. The van der Waals surface area contributed by atoms with Gasteiger partial charge in [0, 0.05) is 31.1 Å². The maximum atomic E-state index is 13.1.